The van der Waals surface area contributed by atoms with E-state index in [0.717, 1.165) is 17.2 Å². The van der Waals surface area contributed by atoms with Gasteiger partial charge < -0.3 is 10.4 Å². The Hall–Kier alpha value is -3.68. The zero-order valence-corrected chi connectivity index (χ0v) is 20.8. The highest BCUT2D eigenvalue weighted by atomic mass is 19.4. The van der Waals surface area contributed by atoms with E-state index in [4.69, 9.17) is 0 Å². The van der Waals surface area contributed by atoms with Crippen LogP contribution in [0, 0.1) is 29.0 Å². The SMILES string of the molecule is CC1C(c2ccc(N(CCN3CC[C@@H](O)C3)C(=O)Nc3ccc(C(F)(F)F)c(F)c3)cc2)=CC=CC1C#N. The van der Waals surface area contributed by atoms with Gasteiger partial charge in [0.2, 0.25) is 0 Å². The number of urea groups is 1. The molecule has 38 heavy (non-hydrogen) atoms. The van der Waals surface area contributed by atoms with Crippen LogP contribution in [-0.4, -0.2) is 48.3 Å². The molecule has 2 aliphatic rings. The molecule has 1 aliphatic carbocycles. The summed E-state index contributed by atoms with van der Waals surface area (Å²) in [6.45, 7) is 3.84. The normalized spacial score (nSPS) is 21.6. The number of benzene rings is 2. The maximum absolute atomic E-state index is 14.1. The van der Waals surface area contributed by atoms with Crippen molar-refractivity contribution in [2.75, 3.05) is 36.4 Å². The number of carbonyl (C=O) groups excluding carboxylic acids is 1. The standard InChI is InChI=1S/C28H28F4N4O2/c1-18-20(16-33)3-2-4-24(18)19-5-8-22(9-6-19)36(14-13-35-12-11-23(37)17-35)27(38)34-21-7-10-25(26(29)15-21)28(30,31)32/h2-10,15,18,20,23,37H,11-14,17H2,1H3,(H,34,38)/t18?,20?,23-/m1/s1. The first-order valence-electron chi connectivity index (χ1n) is 12.3. The zero-order valence-electron chi connectivity index (χ0n) is 20.8. The minimum absolute atomic E-state index is 0.00795. The lowest BCUT2D eigenvalue weighted by Gasteiger charge is -2.27. The number of nitrogens with zero attached hydrogens (tertiary/aromatic N) is 3. The number of allylic oxidation sites excluding steroid dienone is 4. The van der Waals surface area contributed by atoms with Crippen molar-refractivity contribution in [2.45, 2.75) is 25.6 Å². The van der Waals surface area contributed by atoms with Gasteiger partial charge in [-0.2, -0.15) is 18.4 Å². The first kappa shape index (κ1) is 27.4. The highest BCUT2D eigenvalue weighted by molar-refractivity contribution is 6.01. The van der Waals surface area contributed by atoms with Gasteiger partial charge in [0.05, 0.1) is 23.7 Å². The van der Waals surface area contributed by atoms with E-state index in [-0.39, 0.29) is 24.1 Å². The average molecular weight is 529 g/mol. The fraction of sp³-hybridized carbons (Fsp3) is 0.357. The van der Waals surface area contributed by atoms with E-state index in [9.17, 15) is 32.7 Å². The molecule has 10 heteroatoms. The van der Waals surface area contributed by atoms with Crippen LogP contribution in [0.5, 0.6) is 0 Å². The number of hydrogen-bond donors (Lipinski definition) is 2. The molecule has 1 aliphatic heterocycles. The van der Waals surface area contributed by atoms with Gasteiger partial charge in [-0.25, -0.2) is 9.18 Å². The van der Waals surface area contributed by atoms with Crippen molar-refractivity contribution in [3.63, 3.8) is 0 Å². The minimum atomic E-state index is -4.84. The molecule has 2 amide bonds. The van der Waals surface area contributed by atoms with E-state index in [1.807, 2.05) is 42.2 Å². The average Bonchev–Trinajstić information content (AvgIpc) is 3.29. The highest BCUT2D eigenvalue weighted by Crippen LogP contribution is 2.34. The van der Waals surface area contributed by atoms with Crippen molar-refractivity contribution >= 4 is 23.0 Å². The Labute approximate surface area is 218 Å². The van der Waals surface area contributed by atoms with Crippen LogP contribution in [0.15, 0.2) is 60.7 Å². The molecule has 1 saturated heterocycles. The zero-order chi connectivity index (χ0) is 27.4. The second kappa shape index (κ2) is 11.4. The predicted molar refractivity (Wildman–Crippen MR) is 137 cm³/mol. The molecule has 2 N–H and O–H groups in total. The van der Waals surface area contributed by atoms with Crippen LogP contribution >= 0.6 is 0 Å². The van der Waals surface area contributed by atoms with E-state index in [1.54, 1.807) is 12.1 Å². The van der Waals surface area contributed by atoms with Crippen LogP contribution in [0.2, 0.25) is 0 Å². The fourth-order valence-corrected chi connectivity index (χ4v) is 4.76. The monoisotopic (exact) mass is 528 g/mol. The number of nitrogens with one attached hydrogen (secondary N) is 1. The first-order valence-corrected chi connectivity index (χ1v) is 12.3. The Balaban J connectivity index is 1.55. The Morgan fingerprint density at radius 1 is 1.24 bits per heavy atom. The van der Waals surface area contributed by atoms with Gasteiger partial charge in [0.15, 0.2) is 0 Å². The Bertz CT molecular complexity index is 1270. The number of aliphatic hydroxyl groups is 1. The Morgan fingerprint density at radius 2 is 1.97 bits per heavy atom. The number of alkyl halides is 3. The Kier molecular flexibility index (Phi) is 8.19. The Morgan fingerprint density at radius 3 is 2.58 bits per heavy atom. The van der Waals surface area contributed by atoms with Crippen molar-refractivity contribution in [2.24, 2.45) is 11.8 Å². The highest BCUT2D eigenvalue weighted by Gasteiger charge is 2.34. The number of β-amino-alcohol motifs (C(OH)–C–C–N with tert-alkyl or cyclic N) is 1. The molecule has 4 rings (SSSR count). The smallest absolute Gasteiger partial charge is 0.392 e. The molecule has 1 heterocycles. The van der Waals surface area contributed by atoms with E-state index in [1.165, 1.54) is 4.90 Å². The summed E-state index contributed by atoms with van der Waals surface area (Å²) in [5, 5.41) is 21.7. The number of carbonyl (C=O) groups is 1. The second-order valence-electron chi connectivity index (χ2n) is 9.51. The third-order valence-corrected chi connectivity index (χ3v) is 6.94. The molecule has 0 saturated carbocycles. The lowest BCUT2D eigenvalue weighted by Crippen LogP contribution is -2.40. The predicted octanol–water partition coefficient (Wildman–Crippen LogP) is 5.68. The van der Waals surface area contributed by atoms with Crippen LogP contribution in [0.25, 0.3) is 5.57 Å². The van der Waals surface area contributed by atoms with Crippen molar-refractivity contribution in [3.8, 4) is 6.07 Å². The lowest BCUT2D eigenvalue weighted by molar-refractivity contribution is -0.139. The molecule has 2 aromatic carbocycles. The fourth-order valence-electron chi connectivity index (χ4n) is 4.76. The molecule has 2 unspecified atom stereocenters. The molecule has 6 nitrogen and oxygen atoms in total. The number of rotatable bonds is 6. The topological polar surface area (TPSA) is 79.6 Å². The van der Waals surface area contributed by atoms with E-state index >= 15 is 0 Å². The quantitative estimate of drug-likeness (QED) is 0.473. The van der Waals surface area contributed by atoms with Crippen molar-refractivity contribution < 1.29 is 27.5 Å². The summed E-state index contributed by atoms with van der Waals surface area (Å²) in [5.74, 6) is -1.72. The van der Waals surface area contributed by atoms with Crippen molar-refractivity contribution in [1.82, 2.24) is 4.90 Å². The van der Waals surface area contributed by atoms with E-state index < -0.39 is 29.7 Å². The van der Waals surface area contributed by atoms with Crippen LogP contribution in [0.4, 0.5) is 33.7 Å². The van der Waals surface area contributed by atoms with Gasteiger partial charge in [-0.15, -0.1) is 0 Å². The summed E-state index contributed by atoms with van der Waals surface area (Å²) >= 11 is 0. The first-order chi connectivity index (χ1) is 18.1. The minimum Gasteiger partial charge on any atom is -0.392 e. The van der Waals surface area contributed by atoms with Crippen LogP contribution in [-0.2, 0) is 6.18 Å². The number of amides is 2. The van der Waals surface area contributed by atoms with Gasteiger partial charge in [-0.05, 0) is 47.9 Å². The summed E-state index contributed by atoms with van der Waals surface area (Å²) in [4.78, 5) is 16.7. The van der Waals surface area contributed by atoms with E-state index in [0.29, 0.717) is 43.9 Å². The number of halogens is 4. The number of hydrogen-bond acceptors (Lipinski definition) is 4. The van der Waals surface area contributed by atoms with Crippen LogP contribution in [0.1, 0.15) is 24.5 Å². The molecule has 0 bridgehead atoms. The summed E-state index contributed by atoms with van der Waals surface area (Å²) in [6.07, 6.45) is 1.03. The van der Waals surface area contributed by atoms with Gasteiger partial charge in [-0.3, -0.25) is 9.80 Å². The maximum Gasteiger partial charge on any atom is 0.419 e. The maximum atomic E-state index is 14.1. The molecule has 0 radical (unpaired) electrons. The molecule has 200 valence electrons. The third-order valence-electron chi connectivity index (χ3n) is 6.94. The summed E-state index contributed by atoms with van der Waals surface area (Å²) in [5.41, 5.74) is 0.922. The van der Waals surface area contributed by atoms with Crippen molar-refractivity contribution in [1.29, 1.82) is 5.26 Å². The summed E-state index contributed by atoms with van der Waals surface area (Å²) < 4.78 is 52.8. The molecule has 3 atom stereocenters. The van der Waals surface area contributed by atoms with Crippen molar-refractivity contribution in [3.05, 3.63) is 77.6 Å². The van der Waals surface area contributed by atoms with Gasteiger partial charge in [0.25, 0.3) is 0 Å². The molecule has 2 aromatic rings. The van der Waals surface area contributed by atoms with Gasteiger partial charge in [-0.1, -0.05) is 37.3 Å². The lowest BCUT2D eigenvalue weighted by atomic mass is 9.81. The van der Waals surface area contributed by atoms with E-state index in [2.05, 4.69) is 11.4 Å². The van der Waals surface area contributed by atoms with Gasteiger partial charge in [0.1, 0.15) is 5.82 Å². The molecule has 0 spiro atoms. The molecular weight excluding hydrogens is 500 g/mol. The number of likely N-dealkylation sites (tertiary alicyclic amines) is 1. The van der Waals surface area contributed by atoms with Crippen LogP contribution in [0.3, 0.4) is 0 Å². The van der Waals surface area contributed by atoms with Gasteiger partial charge in [0, 0.05) is 43.5 Å². The molecule has 1 fully saturated rings. The number of nitriles is 1. The van der Waals surface area contributed by atoms with Crippen LogP contribution < -0.4 is 10.2 Å². The molecule has 0 aromatic heterocycles. The van der Waals surface area contributed by atoms with Gasteiger partial charge >= 0.3 is 12.2 Å². The second-order valence-corrected chi connectivity index (χ2v) is 9.51. The summed E-state index contributed by atoms with van der Waals surface area (Å²) in [7, 11) is 0. The number of aliphatic hydroxyl groups excluding tert-OH is 1. The number of anilines is 2. The third kappa shape index (κ3) is 6.23. The molecular formula is C28H28F4N4O2. The largest absolute Gasteiger partial charge is 0.419 e. The summed E-state index contributed by atoms with van der Waals surface area (Å²) in [6, 6.07) is 11.1.